The number of fused-ring (bicyclic) bond motifs is 1. The van der Waals surface area contributed by atoms with Gasteiger partial charge in [-0.15, -0.1) is 0 Å². The molecule has 0 aliphatic carbocycles. The van der Waals surface area contributed by atoms with Gasteiger partial charge in [0.25, 0.3) is 5.56 Å². The highest BCUT2D eigenvalue weighted by Gasteiger charge is 2.29. The summed E-state index contributed by atoms with van der Waals surface area (Å²) in [5.74, 6) is 1.35. The van der Waals surface area contributed by atoms with Gasteiger partial charge in [0.1, 0.15) is 17.7 Å². The molecule has 8 nitrogen and oxygen atoms in total. The summed E-state index contributed by atoms with van der Waals surface area (Å²) in [5.41, 5.74) is 0.980. The van der Waals surface area contributed by atoms with Gasteiger partial charge in [0.15, 0.2) is 0 Å². The Bertz CT molecular complexity index is 1170. The lowest BCUT2D eigenvalue weighted by Gasteiger charge is -2.34. The highest BCUT2D eigenvalue weighted by atomic mass is 16.2. The number of carbonyl (C=O) groups excluding carboxylic acids is 1. The summed E-state index contributed by atoms with van der Waals surface area (Å²) in [7, 11) is 0. The Labute approximate surface area is 180 Å². The summed E-state index contributed by atoms with van der Waals surface area (Å²) in [6, 6.07) is 12.9. The zero-order valence-electron chi connectivity index (χ0n) is 17.4. The number of hydrogen-bond acceptors (Lipinski definition) is 6. The second kappa shape index (κ2) is 8.96. The number of anilines is 1. The molecule has 1 aliphatic heterocycles. The van der Waals surface area contributed by atoms with Crippen LogP contribution in [0, 0.1) is 17.2 Å². The van der Waals surface area contributed by atoms with E-state index in [1.165, 1.54) is 0 Å². The maximum absolute atomic E-state index is 13.1. The maximum atomic E-state index is 13.1. The minimum absolute atomic E-state index is 0.0678. The molecule has 1 saturated heterocycles. The minimum atomic E-state index is -0.188. The first-order valence-electron chi connectivity index (χ1n) is 10.5. The van der Waals surface area contributed by atoms with Gasteiger partial charge < -0.3 is 14.8 Å². The number of aromatic nitrogens is 3. The molecule has 0 atom stereocenters. The number of amides is 1. The zero-order chi connectivity index (χ0) is 21.8. The van der Waals surface area contributed by atoms with Crippen LogP contribution in [0.1, 0.15) is 31.2 Å². The highest BCUT2D eigenvalue weighted by molar-refractivity contribution is 5.79. The van der Waals surface area contributed by atoms with Gasteiger partial charge in [0, 0.05) is 31.7 Å². The van der Waals surface area contributed by atoms with E-state index in [0.717, 1.165) is 31.7 Å². The van der Waals surface area contributed by atoms with Crippen LogP contribution in [0.3, 0.4) is 0 Å². The van der Waals surface area contributed by atoms with Crippen LogP contribution < -0.4 is 10.5 Å². The molecule has 4 rings (SSSR count). The van der Waals surface area contributed by atoms with Crippen LogP contribution in [0.2, 0.25) is 0 Å². The van der Waals surface area contributed by atoms with Gasteiger partial charge in [-0.05, 0) is 44.0 Å². The first-order chi connectivity index (χ1) is 15.1. The zero-order valence-corrected chi connectivity index (χ0v) is 17.4. The SMILES string of the molecule is CCN(Cc1nc2ccccc2c(=O)[nH]1)C(=O)C1CCN(c2ccc(C#N)cn2)CC1. The van der Waals surface area contributed by atoms with E-state index in [9.17, 15) is 9.59 Å². The average molecular weight is 416 g/mol. The molecule has 158 valence electrons. The quantitative estimate of drug-likeness (QED) is 0.685. The number of nitrogens with zero attached hydrogens (tertiary/aromatic N) is 5. The molecule has 8 heteroatoms. The first-order valence-corrected chi connectivity index (χ1v) is 10.5. The Balaban J connectivity index is 1.41. The van der Waals surface area contributed by atoms with Gasteiger partial charge in [-0.1, -0.05) is 12.1 Å². The first kappa shape index (κ1) is 20.5. The molecule has 1 aromatic carbocycles. The molecule has 0 bridgehead atoms. The maximum Gasteiger partial charge on any atom is 0.258 e. The fourth-order valence-electron chi connectivity index (χ4n) is 3.99. The van der Waals surface area contributed by atoms with Gasteiger partial charge in [0.05, 0.1) is 23.0 Å². The molecule has 1 N–H and O–H groups in total. The molecule has 0 unspecified atom stereocenters. The van der Waals surface area contributed by atoms with Gasteiger partial charge in [-0.2, -0.15) is 5.26 Å². The number of piperidine rings is 1. The van der Waals surface area contributed by atoms with Crippen LogP contribution >= 0.6 is 0 Å². The fraction of sp³-hybridized carbons (Fsp3) is 0.348. The van der Waals surface area contributed by atoms with E-state index in [0.29, 0.717) is 28.8 Å². The van der Waals surface area contributed by atoms with Gasteiger partial charge in [-0.3, -0.25) is 9.59 Å². The number of carbonyl (C=O) groups is 1. The Morgan fingerprint density at radius 3 is 2.71 bits per heavy atom. The molecule has 1 amide bonds. The molecular weight excluding hydrogens is 392 g/mol. The molecule has 2 aromatic heterocycles. The van der Waals surface area contributed by atoms with E-state index >= 15 is 0 Å². The standard InChI is InChI=1S/C23H24N6O2/c1-2-28(15-20-26-19-6-4-3-5-18(19)22(30)27-20)23(31)17-9-11-29(12-10-17)21-8-7-16(13-24)14-25-21/h3-8,14,17H,2,9-12,15H2,1H3,(H,26,27,30). The minimum Gasteiger partial charge on any atom is -0.357 e. The Hall–Kier alpha value is -3.73. The topological polar surface area (TPSA) is 106 Å². The van der Waals surface area contributed by atoms with Crippen LogP contribution in [0.15, 0.2) is 47.4 Å². The van der Waals surface area contributed by atoms with Gasteiger partial charge in [0.2, 0.25) is 5.91 Å². The molecule has 0 radical (unpaired) electrons. The van der Waals surface area contributed by atoms with E-state index in [2.05, 4.69) is 25.9 Å². The van der Waals surface area contributed by atoms with Crippen LogP contribution in [-0.4, -0.2) is 45.4 Å². The predicted octanol–water partition coefficient (Wildman–Crippen LogP) is 2.45. The Kier molecular flexibility index (Phi) is 5.94. The lowest BCUT2D eigenvalue weighted by Crippen LogP contribution is -2.43. The normalized spacial score (nSPS) is 14.4. The molecule has 0 saturated carbocycles. The van der Waals surface area contributed by atoms with E-state index in [1.54, 1.807) is 35.4 Å². The van der Waals surface area contributed by atoms with Gasteiger partial charge >= 0.3 is 0 Å². The van der Waals surface area contributed by atoms with Crippen molar-refractivity contribution in [3.8, 4) is 6.07 Å². The lowest BCUT2D eigenvalue weighted by molar-refractivity contribution is -0.136. The number of pyridine rings is 1. The number of nitrogens with one attached hydrogen (secondary N) is 1. The van der Waals surface area contributed by atoms with E-state index in [-0.39, 0.29) is 23.9 Å². The van der Waals surface area contributed by atoms with E-state index < -0.39 is 0 Å². The summed E-state index contributed by atoms with van der Waals surface area (Å²) in [6.45, 7) is 4.24. The lowest BCUT2D eigenvalue weighted by atomic mass is 9.95. The number of aromatic amines is 1. The predicted molar refractivity (Wildman–Crippen MR) is 117 cm³/mol. The third-order valence-corrected chi connectivity index (χ3v) is 5.74. The Morgan fingerprint density at radius 2 is 2.03 bits per heavy atom. The highest BCUT2D eigenvalue weighted by Crippen LogP contribution is 2.24. The third-order valence-electron chi connectivity index (χ3n) is 5.74. The second-order valence-corrected chi connectivity index (χ2v) is 7.66. The Morgan fingerprint density at radius 1 is 1.26 bits per heavy atom. The summed E-state index contributed by atoms with van der Waals surface area (Å²) < 4.78 is 0. The molecule has 3 heterocycles. The number of nitriles is 1. The molecule has 0 spiro atoms. The van der Waals surface area contributed by atoms with Crippen molar-refractivity contribution in [2.75, 3.05) is 24.5 Å². The molecule has 1 fully saturated rings. The van der Waals surface area contributed by atoms with Crippen LogP contribution in [0.5, 0.6) is 0 Å². The summed E-state index contributed by atoms with van der Waals surface area (Å²) in [4.78, 5) is 41.1. The molecule has 1 aliphatic rings. The van der Waals surface area contributed by atoms with Crippen molar-refractivity contribution in [1.29, 1.82) is 5.26 Å². The van der Waals surface area contributed by atoms with Crippen LogP contribution in [0.25, 0.3) is 10.9 Å². The van der Waals surface area contributed by atoms with E-state index in [1.807, 2.05) is 19.1 Å². The molecule has 31 heavy (non-hydrogen) atoms. The number of benzene rings is 1. The smallest absolute Gasteiger partial charge is 0.258 e. The number of rotatable bonds is 5. The monoisotopic (exact) mass is 416 g/mol. The van der Waals surface area contributed by atoms with E-state index in [4.69, 9.17) is 5.26 Å². The van der Waals surface area contributed by atoms with Crippen molar-refractivity contribution in [2.45, 2.75) is 26.3 Å². The van der Waals surface area contributed by atoms with Crippen molar-refractivity contribution in [2.24, 2.45) is 5.92 Å². The van der Waals surface area contributed by atoms with Gasteiger partial charge in [-0.25, -0.2) is 9.97 Å². The average Bonchev–Trinajstić information content (AvgIpc) is 2.82. The van der Waals surface area contributed by atoms with Crippen molar-refractivity contribution in [3.63, 3.8) is 0 Å². The summed E-state index contributed by atoms with van der Waals surface area (Å²) in [6.07, 6.45) is 3.04. The number of H-pyrrole nitrogens is 1. The van der Waals surface area contributed by atoms with Crippen LogP contribution in [-0.2, 0) is 11.3 Å². The van der Waals surface area contributed by atoms with Crippen molar-refractivity contribution >= 4 is 22.6 Å². The van der Waals surface area contributed by atoms with Crippen molar-refractivity contribution in [1.82, 2.24) is 19.9 Å². The second-order valence-electron chi connectivity index (χ2n) is 7.66. The van der Waals surface area contributed by atoms with Crippen molar-refractivity contribution in [3.05, 3.63) is 64.3 Å². The summed E-state index contributed by atoms with van der Waals surface area (Å²) in [5, 5.41) is 9.46. The molecule has 3 aromatic rings. The summed E-state index contributed by atoms with van der Waals surface area (Å²) >= 11 is 0. The van der Waals surface area contributed by atoms with Crippen LogP contribution in [0.4, 0.5) is 5.82 Å². The largest absolute Gasteiger partial charge is 0.357 e. The number of hydrogen-bond donors (Lipinski definition) is 1. The number of para-hydroxylation sites is 1. The fourth-order valence-corrected chi connectivity index (χ4v) is 3.99. The molecular formula is C23H24N6O2. The van der Waals surface area contributed by atoms with Crippen molar-refractivity contribution < 1.29 is 4.79 Å². The third kappa shape index (κ3) is 4.40.